The summed E-state index contributed by atoms with van der Waals surface area (Å²) in [6.45, 7) is 17.2. The summed E-state index contributed by atoms with van der Waals surface area (Å²) in [6, 6.07) is 0. The maximum atomic E-state index is 4.75. The Kier molecular flexibility index (Phi) is 3.15. The molecule has 0 aliphatic heterocycles. The summed E-state index contributed by atoms with van der Waals surface area (Å²) >= 11 is 0. The molecular weight excluding hydrogens is 196 g/mol. The van der Waals surface area contributed by atoms with Crippen LogP contribution in [-0.4, -0.2) is 9.97 Å². The third-order valence-electron chi connectivity index (χ3n) is 2.73. The van der Waals surface area contributed by atoms with Gasteiger partial charge >= 0.3 is 0 Å². The lowest BCUT2D eigenvalue weighted by Gasteiger charge is -2.28. The molecule has 0 aliphatic rings. The predicted molar refractivity (Wildman–Crippen MR) is 68.9 cm³/mol. The molecule has 0 bridgehead atoms. The van der Waals surface area contributed by atoms with Crippen LogP contribution in [-0.2, 0) is 10.8 Å². The largest absolute Gasteiger partial charge is 0.254 e. The van der Waals surface area contributed by atoms with E-state index in [1.165, 1.54) is 0 Å². The highest BCUT2D eigenvalue weighted by atomic mass is 14.9. The summed E-state index contributed by atoms with van der Waals surface area (Å²) in [5, 5.41) is 0. The first-order valence-corrected chi connectivity index (χ1v) is 5.89. The summed E-state index contributed by atoms with van der Waals surface area (Å²) in [5.41, 5.74) is 4.43. The lowest BCUT2D eigenvalue weighted by molar-refractivity contribution is 0.494. The van der Waals surface area contributed by atoms with Gasteiger partial charge in [-0.2, -0.15) is 0 Å². The summed E-state index contributed by atoms with van der Waals surface area (Å²) in [7, 11) is 0. The minimum atomic E-state index is 0.0497. The van der Waals surface area contributed by atoms with E-state index in [0.29, 0.717) is 0 Å². The number of aryl methyl sites for hydroxylation is 2. The molecule has 0 spiro atoms. The second-order valence-corrected chi connectivity index (χ2v) is 6.59. The van der Waals surface area contributed by atoms with Gasteiger partial charge in [-0.3, -0.25) is 9.97 Å². The average molecular weight is 220 g/mol. The fraction of sp³-hybridized carbons (Fsp3) is 0.714. The van der Waals surface area contributed by atoms with E-state index in [-0.39, 0.29) is 10.8 Å². The van der Waals surface area contributed by atoms with Gasteiger partial charge < -0.3 is 0 Å². The maximum Gasteiger partial charge on any atom is 0.0681 e. The zero-order valence-electron chi connectivity index (χ0n) is 11.9. The smallest absolute Gasteiger partial charge is 0.0681 e. The molecular formula is C14H24N2. The van der Waals surface area contributed by atoms with Gasteiger partial charge in [0.1, 0.15) is 0 Å². The quantitative estimate of drug-likeness (QED) is 0.666. The van der Waals surface area contributed by atoms with Crippen molar-refractivity contribution in [3.8, 4) is 0 Å². The van der Waals surface area contributed by atoms with Crippen LogP contribution in [0.3, 0.4) is 0 Å². The van der Waals surface area contributed by atoms with Crippen molar-refractivity contribution in [2.75, 3.05) is 0 Å². The van der Waals surface area contributed by atoms with Crippen LogP contribution < -0.4 is 0 Å². The number of hydrogen-bond acceptors (Lipinski definition) is 2. The van der Waals surface area contributed by atoms with Crippen molar-refractivity contribution < 1.29 is 0 Å². The van der Waals surface area contributed by atoms with E-state index in [0.717, 1.165) is 22.8 Å². The Labute approximate surface area is 99.5 Å². The van der Waals surface area contributed by atoms with E-state index in [4.69, 9.17) is 9.97 Å². The van der Waals surface area contributed by atoms with Gasteiger partial charge in [-0.15, -0.1) is 0 Å². The van der Waals surface area contributed by atoms with Gasteiger partial charge in [0.15, 0.2) is 0 Å². The highest BCUT2D eigenvalue weighted by Gasteiger charge is 2.28. The number of aromatic nitrogens is 2. The lowest BCUT2D eigenvalue weighted by Crippen LogP contribution is -2.26. The first kappa shape index (κ1) is 13.1. The maximum absolute atomic E-state index is 4.75. The molecule has 1 aromatic rings. The summed E-state index contributed by atoms with van der Waals surface area (Å²) in [6.07, 6.45) is 0. The van der Waals surface area contributed by atoms with Crippen molar-refractivity contribution in [2.45, 2.75) is 66.2 Å². The van der Waals surface area contributed by atoms with E-state index >= 15 is 0 Å². The Bertz CT molecular complexity index is 353. The topological polar surface area (TPSA) is 25.8 Å². The fourth-order valence-corrected chi connectivity index (χ4v) is 1.65. The zero-order chi connectivity index (χ0) is 12.7. The molecule has 0 aromatic carbocycles. The van der Waals surface area contributed by atoms with E-state index in [1.807, 2.05) is 13.8 Å². The standard InChI is InChI=1S/C14H24N2/c1-9-10(2)16-12(14(6,7)8)11(15-9)13(3,4)5/h1-8H3. The molecule has 16 heavy (non-hydrogen) atoms. The average Bonchev–Trinajstić information content (AvgIpc) is 2.05. The van der Waals surface area contributed by atoms with Gasteiger partial charge in [0, 0.05) is 10.8 Å². The summed E-state index contributed by atoms with van der Waals surface area (Å²) in [4.78, 5) is 9.50. The minimum absolute atomic E-state index is 0.0497. The van der Waals surface area contributed by atoms with Crippen molar-refractivity contribution in [2.24, 2.45) is 0 Å². The van der Waals surface area contributed by atoms with Crippen molar-refractivity contribution >= 4 is 0 Å². The molecule has 0 fully saturated rings. The van der Waals surface area contributed by atoms with E-state index < -0.39 is 0 Å². The minimum Gasteiger partial charge on any atom is -0.254 e. The van der Waals surface area contributed by atoms with Crippen molar-refractivity contribution in [3.63, 3.8) is 0 Å². The highest BCUT2D eigenvalue weighted by molar-refractivity contribution is 5.29. The van der Waals surface area contributed by atoms with E-state index in [1.54, 1.807) is 0 Å². The first-order chi connectivity index (χ1) is 7.03. The molecule has 2 nitrogen and oxygen atoms in total. The van der Waals surface area contributed by atoms with Crippen molar-refractivity contribution in [3.05, 3.63) is 22.8 Å². The molecule has 0 unspecified atom stereocenters. The van der Waals surface area contributed by atoms with Gasteiger partial charge in [0.2, 0.25) is 0 Å². The summed E-state index contributed by atoms with van der Waals surface area (Å²) in [5.74, 6) is 0. The molecule has 1 heterocycles. The lowest BCUT2D eigenvalue weighted by atomic mass is 9.81. The monoisotopic (exact) mass is 220 g/mol. The van der Waals surface area contributed by atoms with Crippen LogP contribution in [0.15, 0.2) is 0 Å². The molecule has 0 aliphatic carbocycles. The van der Waals surface area contributed by atoms with Gasteiger partial charge in [0.25, 0.3) is 0 Å². The van der Waals surface area contributed by atoms with Crippen LogP contribution in [0.5, 0.6) is 0 Å². The number of rotatable bonds is 0. The Morgan fingerprint density at radius 3 is 1.06 bits per heavy atom. The van der Waals surface area contributed by atoms with E-state index in [2.05, 4.69) is 41.5 Å². The van der Waals surface area contributed by atoms with Crippen LogP contribution in [0.4, 0.5) is 0 Å². The SMILES string of the molecule is Cc1nc(C(C)(C)C)c(C(C)(C)C)nc1C. The van der Waals surface area contributed by atoms with Gasteiger partial charge in [-0.1, -0.05) is 41.5 Å². The Balaban J connectivity index is 3.53. The predicted octanol–water partition coefficient (Wildman–Crippen LogP) is 3.69. The molecule has 90 valence electrons. The Hall–Kier alpha value is -0.920. The van der Waals surface area contributed by atoms with Gasteiger partial charge in [-0.05, 0) is 13.8 Å². The van der Waals surface area contributed by atoms with Crippen LogP contribution in [0, 0.1) is 13.8 Å². The van der Waals surface area contributed by atoms with Crippen molar-refractivity contribution in [1.29, 1.82) is 0 Å². The molecule has 0 saturated heterocycles. The van der Waals surface area contributed by atoms with Crippen LogP contribution in [0.1, 0.15) is 64.3 Å². The third kappa shape index (κ3) is 2.60. The molecule has 0 N–H and O–H groups in total. The first-order valence-electron chi connectivity index (χ1n) is 5.89. The molecule has 0 atom stereocenters. The normalized spacial score (nSPS) is 13.0. The Morgan fingerprint density at radius 2 is 0.875 bits per heavy atom. The molecule has 1 aromatic heterocycles. The molecule has 2 heteroatoms. The second kappa shape index (κ2) is 3.83. The number of hydrogen-bond donors (Lipinski definition) is 0. The van der Waals surface area contributed by atoms with Crippen LogP contribution in [0.25, 0.3) is 0 Å². The molecule has 0 radical (unpaired) electrons. The fourth-order valence-electron chi connectivity index (χ4n) is 1.65. The second-order valence-electron chi connectivity index (χ2n) is 6.59. The molecule has 0 saturated carbocycles. The molecule has 0 amide bonds. The van der Waals surface area contributed by atoms with E-state index in [9.17, 15) is 0 Å². The molecule has 1 rings (SSSR count). The van der Waals surface area contributed by atoms with Crippen molar-refractivity contribution in [1.82, 2.24) is 9.97 Å². The van der Waals surface area contributed by atoms with Gasteiger partial charge in [0.05, 0.1) is 22.8 Å². The Morgan fingerprint density at radius 1 is 0.625 bits per heavy atom. The van der Waals surface area contributed by atoms with Crippen LogP contribution in [0.2, 0.25) is 0 Å². The van der Waals surface area contributed by atoms with Gasteiger partial charge in [-0.25, -0.2) is 0 Å². The highest BCUT2D eigenvalue weighted by Crippen LogP contribution is 2.31. The third-order valence-corrected chi connectivity index (χ3v) is 2.73. The van der Waals surface area contributed by atoms with Crippen LogP contribution >= 0.6 is 0 Å². The zero-order valence-corrected chi connectivity index (χ0v) is 11.9. The summed E-state index contributed by atoms with van der Waals surface area (Å²) < 4.78 is 0. The number of nitrogens with zero attached hydrogens (tertiary/aromatic N) is 2.